The molecule has 2 atom stereocenters. The van der Waals surface area contributed by atoms with Crippen molar-refractivity contribution in [3.05, 3.63) is 30.1 Å². The molecule has 28 heavy (non-hydrogen) atoms. The Hall–Kier alpha value is -1.88. The van der Waals surface area contributed by atoms with E-state index >= 15 is 0 Å². The van der Waals surface area contributed by atoms with Crippen LogP contribution in [-0.4, -0.2) is 52.1 Å². The van der Waals surface area contributed by atoms with E-state index in [0.29, 0.717) is 19.4 Å². The molecule has 1 aliphatic rings. The minimum Gasteiger partial charge on any atom is -0.365 e. The van der Waals surface area contributed by atoms with Crippen molar-refractivity contribution < 1.29 is 27.1 Å². The molecule has 1 unspecified atom stereocenters. The number of Topliss-reactive ketones (excluding diaryl/α,β-unsaturated/α-hetero) is 1. The third-order valence-corrected chi connectivity index (χ3v) is 5.97. The summed E-state index contributed by atoms with van der Waals surface area (Å²) in [5.41, 5.74) is 0. The summed E-state index contributed by atoms with van der Waals surface area (Å²) in [5.74, 6) is -1.73. The van der Waals surface area contributed by atoms with Gasteiger partial charge in [0.15, 0.2) is 0 Å². The van der Waals surface area contributed by atoms with Crippen LogP contribution in [0, 0.1) is 11.7 Å². The van der Waals surface area contributed by atoms with E-state index in [1.54, 1.807) is 0 Å². The van der Waals surface area contributed by atoms with Crippen molar-refractivity contribution in [2.45, 2.75) is 43.7 Å². The van der Waals surface area contributed by atoms with Crippen LogP contribution in [0.3, 0.4) is 0 Å². The molecule has 0 aliphatic carbocycles. The Morgan fingerprint density at radius 1 is 1.25 bits per heavy atom. The average Bonchev–Trinajstić information content (AvgIpc) is 2.79. The van der Waals surface area contributed by atoms with E-state index in [9.17, 15) is 22.4 Å². The maximum Gasteiger partial charge on any atom is 0.289 e. The third-order valence-electron chi connectivity index (χ3n) is 4.46. The zero-order valence-electron chi connectivity index (χ0n) is 15.9. The topological polar surface area (TPSA) is 114 Å². The molecule has 3 N–H and O–H groups in total. The Kier molecular flexibility index (Phi) is 8.05. The zero-order valence-corrected chi connectivity index (χ0v) is 16.7. The van der Waals surface area contributed by atoms with Gasteiger partial charge < -0.3 is 10.1 Å². The summed E-state index contributed by atoms with van der Waals surface area (Å²) in [7, 11) is -3.82. The highest BCUT2D eigenvalue weighted by molar-refractivity contribution is 7.89. The van der Waals surface area contributed by atoms with E-state index in [1.165, 1.54) is 12.1 Å². The van der Waals surface area contributed by atoms with Gasteiger partial charge in [-0.1, -0.05) is 13.8 Å². The van der Waals surface area contributed by atoms with Crippen LogP contribution in [0.25, 0.3) is 0 Å². The Morgan fingerprint density at radius 3 is 2.57 bits per heavy atom. The molecule has 0 aromatic heterocycles. The van der Waals surface area contributed by atoms with Crippen molar-refractivity contribution in [3.63, 3.8) is 0 Å². The van der Waals surface area contributed by atoms with Crippen molar-refractivity contribution in [2.24, 2.45) is 5.92 Å². The van der Waals surface area contributed by atoms with Crippen LogP contribution < -0.4 is 15.4 Å². The number of halogens is 1. The van der Waals surface area contributed by atoms with Gasteiger partial charge in [-0.15, -0.1) is 0 Å². The molecule has 1 aromatic rings. The standard InChI is InChI=1S/C18H26FN3O5S/c1-12(2)16(22-28(25,26)14-7-5-13(19)6-8-14)10-27-11-21-15-4-3-9-20-18(24)17(15)23/h5-8,12,15-16,21-22H,3-4,9-11H2,1-2H3,(H,20,24)/t15?,16-/m1/s1. The molecule has 1 aromatic carbocycles. The molecular weight excluding hydrogens is 389 g/mol. The lowest BCUT2D eigenvalue weighted by atomic mass is 10.1. The van der Waals surface area contributed by atoms with Crippen LogP contribution in [0.1, 0.15) is 26.7 Å². The molecule has 0 spiro atoms. The highest BCUT2D eigenvalue weighted by Gasteiger charge is 2.27. The van der Waals surface area contributed by atoms with Crippen LogP contribution in [0.2, 0.25) is 0 Å². The number of ketones is 1. The van der Waals surface area contributed by atoms with Gasteiger partial charge in [0.1, 0.15) is 5.82 Å². The summed E-state index contributed by atoms with van der Waals surface area (Å²) in [5, 5.41) is 5.41. The lowest BCUT2D eigenvalue weighted by Crippen LogP contribution is -2.45. The summed E-state index contributed by atoms with van der Waals surface area (Å²) < 4.78 is 46.0. The van der Waals surface area contributed by atoms with Gasteiger partial charge in [0.2, 0.25) is 15.8 Å². The summed E-state index contributed by atoms with van der Waals surface area (Å²) >= 11 is 0. The van der Waals surface area contributed by atoms with Crippen LogP contribution >= 0.6 is 0 Å². The number of carbonyl (C=O) groups is 2. The van der Waals surface area contributed by atoms with Crippen LogP contribution in [0.15, 0.2) is 29.2 Å². The van der Waals surface area contributed by atoms with Crippen molar-refractivity contribution >= 4 is 21.7 Å². The van der Waals surface area contributed by atoms with E-state index in [0.717, 1.165) is 12.1 Å². The molecule has 0 bridgehead atoms. The first-order valence-electron chi connectivity index (χ1n) is 9.12. The Labute approximate surface area is 164 Å². The molecule has 1 fully saturated rings. The monoisotopic (exact) mass is 415 g/mol. The van der Waals surface area contributed by atoms with Crippen LogP contribution in [0.5, 0.6) is 0 Å². The molecule has 2 rings (SSSR count). The smallest absolute Gasteiger partial charge is 0.289 e. The predicted octanol–water partition coefficient (Wildman–Crippen LogP) is 0.540. The minimum atomic E-state index is -3.82. The maximum absolute atomic E-state index is 13.0. The van der Waals surface area contributed by atoms with Gasteiger partial charge in [-0.3, -0.25) is 14.9 Å². The zero-order chi connectivity index (χ0) is 20.7. The molecular formula is C18H26FN3O5S. The first-order chi connectivity index (χ1) is 13.2. The van der Waals surface area contributed by atoms with E-state index in [1.807, 2.05) is 13.8 Å². The number of rotatable bonds is 9. The first-order valence-corrected chi connectivity index (χ1v) is 10.6. The number of nitrogens with one attached hydrogen (secondary N) is 3. The molecule has 1 saturated heterocycles. The lowest BCUT2D eigenvalue weighted by Gasteiger charge is -2.23. The third kappa shape index (κ3) is 6.33. The van der Waals surface area contributed by atoms with Crippen molar-refractivity contribution in [2.75, 3.05) is 19.9 Å². The molecule has 1 aliphatic heterocycles. The fraction of sp³-hybridized carbons (Fsp3) is 0.556. The molecule has 156 valence electrons. The second-order valence-electron chi connectivity index (χ2n) is 6.96. The van der Waals surface area contributed by atoms with Crippen LogP contribution in [-0.2, 0) is 24.3 Å². The molecule has 0 saturated carbocycles. The number of hydrogen-bond acceptors (Lipinski definition) is 6. The van der Waals surface area contributed by atoms with E-state index in [2.05, 4.69) is 15.4 Å². The second-order valence-corrected chi connectivity index (χ2v) is 8.67. The van der Waals surface area contributed by atoms with Crippen molar-refractivity contribution in [3.8, 4) is 0 Å². The van der Waals surface area contributed by atoms with Gasteiger partial charge in [0.25, 0.3) is 5.91 Å². The average molecular weight is 415 g/mol. The number of carbonyl (C=O) groups excluding carboxylic acids is 2. The SMILES string of the molecule is CC(C)[C@@H](COCNC1CCCNC(=O)C1=O)NS(=O)(=O)c1ccc(F)cc1. The number of hydrogen-bond donors (Lipinski definition) is 3. The van der Waals surface area contributed by atoms with Gasteiger partial charge in [-0.05, 0) is 43.0 Å². The molecule has 8 nitrogen and oxygen atoms in total. The Morgan fingerprint density at radius 2 is 1.93 bits per heavy atom. The van der Waals surface area contributed by atoms with E-state index < -0.39 is 39.6 Å². The molecule has 1 heterocycles. The summed E-state index contributed by atoms with van der Waals surface area (Å²) in [6.45, 7) is 4.22. The fourth-order valence-electron chi connectivity index (χ4n) is 2.67. The molecule has 10 heteroatoms. The first kappa shape index (κ1) is 22.4. The van der Waals surface area contributed by atoms with Crippen molar-refractivity contribution in [1.82, 2.24) is 15.4 Å². The summed E-state index contributed by atoms with van der Waals surface area (Å²) in [4.78, 5) is 23.4. The minimum absolute atomic E-state index is 0.00514. The van der Waals surface area contributed by atoms with E-state index in [4.69, 9.17) is 4.74 Å². The lowest BCUT2D eigenvalue weighted by molar-refractivity contribution is -0.138. The quantitative estimate of drug-likeness (QED) is 0.308. The van der Waals surface area contributed by atoms with Gasteiger partial charge in [-0.2, -0.15) is 0 Å². The summed E-state index contributed by atoms with van der Waals surface area (Å²) in [6, 6.07) is 3.42. The summed E-state index contributed by atoms with van der Waals surface area (Å²) in [6.07, 6.45) is 1.20. The van der Waals surface area contributed by atoms with Crippen LogP contribution in [0.4, 0.5) is 4.39 Å². The second kappa shape index (κ2) is 10.1. The van der Waals surface area contributed by atoms with Crippen molar-refractivity contribution in [1.29, 1.82) is 0 Å². The number of amides is 1. The normalized spacial score (nSPS) is 19.4. The van der Waals surface area contributed by atoms with Gasteiger partial charge in [0, 0.05) is 12.6 Å². The predicted molar refractivity (Wildman–Crippen MR) is 100 cm³/mol. The van der Waals surface area contributed by atoms with Gasteiger partial charge in [0.05, 0.1) is 24.3 Å². The number of ether oxygens (including phenoxy) is 1. The van der Waals surface area contributed by atoms with Gasteiger partial charge >= 0.3 is 0 Å². The maximum atomic E-state index is 13.0. The molecule has 0 radical (unpaired) electrons. The fourth-order valence-corrected chi connectivity index (χ4v) is 4.04. The highest BCUT2D eigenvalue weighted by Crippen LogP contribution is 2.13. The molecule has 1 amide bonds. The Bertz CT molecular complexity index is 783. The highest BCUT2D eigenvalue weighted by atomic mass is 32.2. The Balaban J connectivity index is 1.88. The number of sulfonamides is 1. The number of benzene rings is 1. The largest absolute Gasteiger partial charge is 0.365 e. The van der Waals surface area contributed by atoms with Gasteiger partial charge in [-0.25, -0.2) is 17.5 Å². The van der Waals surface area contributed by atoms with E-state index in [-0.39, 0.29) is 24.2 Å².